The fourth-order valence-electron chi connectivity index (χ4n) is 1.01. The molecule has 0 atom stereocenters. The lowest BCUT2D eigenvalue weighted by atomic mass is 9.88. The lowest BCUT2D eigenvalue weighted by molar-refractivity contribution is -0.155. The van der Waals surface area contributed by atoms with Crippen LogP contribution in [0.2, 0.25) is 0 Å². The molecule has 0 heterocycles. The largest absolute Gasteiger partial charge is 0.352 e. The zero-order chi connectivity index (χ0) is 11.9. The van der Waals surface area contributed by atoms with Gasteiger partial charge >= 0.3 is 0 Å². The molecule has 0 saturated carbocycles. The second-order valence-corrected chi connectivity index (χ2v) is 3.70. The zero-order valence-electron chi connectivity index (χ0n) is 9.87. The van der Waals surface area contributed by atoms with Gasteiger partial charge in [-0.3, -0.25) is 4.79 Å². The molecule has 0 saturated heterocycles. The van der Waals surface area contributed by atoms with E-state index in [9.17, 15) is 4.79 Å². The average molecular weight is 213 g/mol. The molecule has 0 spiro atoms. The number of carbonyl (C=O) groups excluding carboxylic acids is 1. The quantitative estimate of drug-likeness (QED) is 0.606. The van der Waals surface area contributed by atoms with Crippen molar-refractivity contribution in [1.82, 2.24) is 0 Å². The van der Waals surface area contributed by atoms with Crippen molar-refractivity contribution >= 4 is 5.78 Å². The van der Waals surface area contributed by atoms with E-state index in [0.29, 0.717) is 13.2 Å². The molecule has 15 heavy (non-hydrogen) atoms. The Kier molecular flexibility index (Phi) is 6.14. The van der Waals surface area contributed by atoms with E-state index in [1.54, 1.807) is 13.8 Å². The first-order valence-corrected chi connectivity index (χ1v) is 5.15. The van der Waals surface area contributed by atoms with E-state index in [0.717, 1.165) is 0 Å². The minimum absolute atomic E-state index is 0.127. The second kappa shape index (κ2) is 6.54. The number of hydrogen-bond donors (Lipinski definition) is 0. The molecule has 4 nitrogen and oxygen atoms in total. The Balaban J connectivity index is 4.29. The summed E-state index contributed by atoms with van der Waals surface area (Å²) in [5, 5.41) is 8.78. The highest BCUT2D eigenvalue weighted by molar-refractivity contribution is 5.86. The monoisotopic (exact) mass is 213 g/mol. The molecule has 0 amide bonds. The van der Waals surface area contributed by atoms with Crippen LogP contribution in [0, 0.1) is 16.7 Å². The van der Waals surface area contributed by atoms with Gasteiger partial charge in [-0.05, 0) is 27.7 Å². The van der Waals surface area contributed by atoms with Gasteiger partial charge in [0.1, 0.15) is 5.41 Å². The summed E-state index contributed by atoms with van der Waals surface area (Å²) in [5.41, 5.74) is -0.966. The summed E-state index contributed by atoms with van der Waals surface area (Å²) in [6.07, 6.45) is -0.400. The predicted octanol–water partition coefficient (Wildman–Crippen LogP) is 1.89. The molecule has 0 aromatic rings. The summed E-state index contributed by atoms with van der Waals surface area (Å²) in [6, 6.07) is 1.97. The molecule has 0 aliphatic carbocycles. The highest BCUT2D eigenvalue weighted by Gasteiger charge is 2.29. The van der Waals surface area contributed by atoms with Crippen LogP contribution in [0.15, 0.2) is 0 Å². The van der Waals surface area contributed by atoms with Gasteiger partial charge in [0.2, 0.25) is 0 Å². The number of ether oxygens (including phenoxy) is 2. The van der Waals surface area contributed by atoms with Crippen molar-refractivity contribution in [2.45, 2.75) is 40.4 Å². The van der Waals surface area contributed by atoms with Crippen LogP contribution in [0.25, 0.3) is 0 Å². The number of rotatable bonds is 7. The lowest BCUT2D eigenvalue weighted by Crippen LogP contribution is -2.29. The summed E-state index contributed by atoms with van der Waals surface area (Å²) in [6.45, 7) is 7.86. The molecule has 0 rings (SSSR count). The first-order valence-electron chi connectivity index (χ1n) is 5.15. The van der Waals surface area contributed by atoms with Gasteiger partial charge in [0.05, 0.1) is 12.5 Å². The molecule has 0 bridgehead atoms. The van der Waals surface area contributed by atoms with Crippen LogP contribution in [0.1, 0.15) is 34.1 Å². The van der Waals surface area contributed by atoms with Crippen molar-refractivity contribution in [2.24, 2.45) is 5.41 Å². The number of nitriles is 1. The van der Waals surface area contributed by atoms with Crippen LogP contribution in [0.4, 0.5) is 0 Å². The fourth-order valence-corrected chi connectivity index (χ4v) is 1.01. The average Bonchev–Trinajstić information content (AvgIpc) is 2.18. The van der Waals surface area contributed by atoms with Gasteiger partial charge in [-0.2, -0.15) is 5.26 Å². The van der Waals surface area contributed by atoms with Gasteiger partial charge in [0.15, 0.2) is 12.1 Å². The molecule has 0 aromatic carbocycles. The fraction of sp³-hybridized carbons (Fsp3) is 0.818. The Morgan fingerprint density at radius 2 is 1.80 bits per heavy atom. The van der Waals surface area contributed by atoms with Crippen molar-refractivity contribution in [3.63, 3.8) is 0 Å². The summed E-state index contributed by atoms with van der Waals surface area (Å²) in [5.74, 6) is -0.156. The van der Waals surface area contributed by atoms with E-state index in [2.05, 4.69) is 0 Å². The second-order valence-electron chi connectivity index (χ2n) is 3.70. The molecule has 4 heteroatoms. The third-order valence-electron chi connectivity index (χ3n) is 2.03. The molecular formula is C11H19NO3. The minimum atomic E-state index is -0.966. The Morgan fingerprint density at radius 1 is 1.33 bits per heavy atom. The van der Waals surface area contributed by atoms with Crippen LogP contribution in [0.5, 0.6) is 0 Å². The number of hydrogen-bond acceptors (Lipinski definition) is 4. The maximum atomic E-state index is 11.7. The van der Waals surface area contributed by atoms with E-state index in [1.165, 1.54) is 0 Å². The molecule has 0 aromatic heterocycles. The molecule has 0 radical (unpaired) electrons. The maximum Gasteiger partial charge on any atom is 0.164 e. The topological polar surface area (TPSA) is 59.3 Å². The van der Waals surface area contributed by atoms with Crippen LogP contribution in [-0.4, -0.2) is 25.3 Å². The molecule has 0 unspecified atom stereocenters. The van der Waals surface area contributed by atoms with Gasteiger partial charge in [0.25, 0.3) is 0 Å². The summed E-state index contributed by atoms with van der Waals surface area (Å²) in [7, 11) is 0. The first-order chi connectivity index (χ1) is 6.97. The Morgan fingerprint density at radius 3 is 2.13 bits per heavy atom. The normalized spacial score (nSPS) is 11.5. The standard InChI is InChI=1S/C11H19NO3/c1-5-14-10(15-6-2)7-9(13)11(3,4)8-12/h10H,5-7H2,1-4H3. The smallest absolute Gasteiger partial charge is 0.164 e. The third-order valence-corrected chi connectivity index (χ3v) is 2.03. The van der Waals surface area contributed by atoms with Crippen LogP contribution >= 0.6 is 0 Å². The zero-order valence-corrected chi connectivity index (χ0v) is 9.87. The highest BCUT2D eigenvalue weighted by Crippen LogP contribution is 2.19. The van der Waals surface area contributed by atoms with E-state index < -0.39 is 11.7 Å². The van der Waals surface area contributed by atoms with Crippen LogP contribution in [-0.2, 0) is 14.3 Å². The predicted molar refractivity (Wildman–Crippen MR) is 56.1 cm³/mol. The summed E-state index contributed by atoms with van der Waals surface area (Å²) < 4.78 is 10.5. The first kappa shape index (κ1) is 14.1. The number of ketones is 1. The Labute approximate surface area is 91.2 Å². The van der Waals surface area contributed by atoms with Crippen molar-refractivity contribution in [1.29, 1.82) is 5.26 Å². The molecule has 86 valence electrons. The number of carbonyl (C=O) groups is 1. The third kappa shape index (κ3) is 4.91. The highest BCUT2D eigenvalue weighted by atomic mass is 16.7. The van der Waals surface area contributed by atoms with Crippen molar-refractivity contribution in [2.75, 3.05) is 13.2 Å². The summed E-state index contributed by atoms with van der Waals surface area (Å²) >= 11 is 0. The van der Waals surface area contributed by atoms with Gasteiger partial charge in [-0.15, -0.1) is 0 Å². The van der Waals surface area contributed by atoms with Crippen molar-refractivity contribution < 1.29 is 14.3 Å². The maximum absolute atomic E-state index is 11.7. The molecule has 0 aliphatic heterocycles. The minimum Gasteiger partial charge on any atom is -0.352 e. The van der Waals surface area contributed by atoms with Crippen LogP contribution < -0.4 is 0 Å². The van der Waals surface area contributed by atoms with Crippen LogP contribution in [0.3, 0.4) is 0 Å². The van der Waals surface area contributed by atoms with Gasteiger partial charge in [-0.25, -0.2) is 0 Å². The van der Waals surface area contributed by atoms with Gasteiger partial charge in [-0.1, -0.05) is 0 Å². The number of nitrogens with zero attached hydrogens (tertiary/aromatic N) is 1. The van der Waals surface area contributed by atoms with E-state index in [4.69, 9.17) is 14.7 Å². The number of Topliss-reactive ketones (excluding diaryl/α,β-unsaturated/α-hetero) is 1. The van der Waals surface area contributed by atoms with Crippen molar-refractivity contribution in [3.8, 4) is 6.07 Å². The van der Waals surface area contributed by atoms with Gasteiger partial charge < -0.3 is 9.47 Å². The van der Waals surface area contributed by atoms with Gasteiger partial charge in [0, 0.05) is 13.2 Å². The molecule has 0 aliphatic rings. The SMILES string of the molecule is CCOC(CC(=O)C(C)(C)C#N)OCC. The Hall–Kier alpha value is -0.920. The Bertz CT molecular complexity index is 237. The molecular weight excluding hydrogens is 194 g/mol. The molecule has 0 N–H and O–H groups in total. The molecule has 0 fully saturated rings. The van der Waals surface area contributed by atoms with Crippen molar-refractivity contribution in [3.05, 3.63) is 0 Å². The lowest BCUT2D eigenvalue weighted by Gasteiger charge is -2.20. The van der Waals surface area contributed by atoms with E-state index >= 15 is 0 Å². The van der Waals surface area contributed by atoms with E-state index in [-0.39, 0.29) is 12.2 Å². The van der Waals surface area contributed by atoms with E-state index in [1.807, 2.05) is 19.9 Å². The summed E-state index contributed by atoms with van der Waals surface area (Å²) in [4.78, 5) is 11.7.